The molecule has 1 aromatic carbocycles. The maximum Gasteiger partial charge on any atom is 0.322 e. The number of hydrogen-bond donors (Lipinski definition) is 1. The molecule has 1 aliphatic rings. The third-order valence-electron chi connectivity index (χ3n) is 3.40. The van der Waals surface area contributed by atoms with Crippen LogP contribution in [-0.4, -0.2) is 18.0 Å². The molecule has 1 N–H and O–H groups in total. The van der Waals surface area contributed by atoms with E-state index in [0.29, 0.717) is 0 Å². The van der Waals surface area contributed by atoms with E-state index in [1.54, 1.807) is 4.90 Å². The smallest absolute Gasteiger partial charge is 0.322 e. The SMILES string of the molecule is CCC1=C(C)N(C)C(=O)NC1c1ccccc1. The first-order valence-corrected chi connectivity index (χ1v) is 5.94. The number of nitrogens with one attached hydrogen (secondary N) is 1. The van der Waals surface area contributed by atoms with Crippen molar-refractivity contribution in [1.29, 1.82) is 0 Å². The van der Waals surface area contributed by atoms with Crippen molar-refractivity contribution < 1.29 is 4.79 Å². The van der Waals surface area contributed by atoms with E-state index in [4.69, 9.17) is 0 Å². The number of rotatable bonds is 2. The van der Waals surface area contributed by atoms with Gasteiger partial charge in [-0.2, -0.15) is 0 Å². The molecule has 0 aliphatic carbocycles. The Labute approximate surface area is 102 Å². The third kappa shape index (κ3) is 2.05. The Hall–Kier alpha value is -1.77. The van der Waals surface area contributed by atoms with Crippen molar-refractivity contribution in [3.05, 3.63) is 47.2 Å². The van der Waals surface area contributed by atoms with Gasteiger partial charge in [-0.1, -0.05) is 37.3 Å². The number of allylic oxidation sites excluding steroid dienone is 1. The Bertz CT molecular complexity index is 451. The first-order chi connectivity index (χ1) is 8.15. The molecule has 0 saturated heterocycles. The van der Waals surface area contributed by atoms with E-state index >= 15 is 0 Å². The van der Waals surface area contributed by atoms with Crippen LogP contribution < -0.4 is 5.32 Å². The van der Waals surface area contributed by atoms with E-state index in [9.17, 15) is 4.79 Å². The minimum absolute atomic E-state index is 0.0184. The minimum Gasteiger partial charge on any atom is -0.327 e. The predicted molar refractivity (Wildman–Crippen MR) is 68.5 cm³/mol. The summed E-state index contributed by atoms with van der Waals surface area (Å²) in [4.78, 5) is 13.5. The van der Waals surface area contributed by atoms with Gasteiger partial charge in [0.2, 0.25) is 0 Å². The van der Waals surface area contributed by atoms with Gasteiger partial charge in [-0.25, -0.2) is 4.79 Å². The summed E-state index contributed by atoms with van der Waals surface area (Å²) in [6.45, 7) is 4.13. The molecule has 3 heteroatoms. The first-order valence-electron chi connectivity index (χ1n) is 5.94. The molecule has 0 saturated carbocycles. The van der Waals surface area contributed by atoms with Crippen LogP contribution in [0.5, 0.6) is 0 Å². The normalized spacial score (nSPS) is 20.5. The van der Waals surface area contributed by atoms with Crippen LogP contribution in [0.2, 0.25) is 0 Å². The van der Waals surface area contributed by atoms with E-state index < -0.39 is 0 Å². The van der Waals surface area contributed by atoms with Crippen LogP contribution in [0, 0.1) is 0 Å². The molecule has 1 unspecified atom stereocenters. The summed E-state index contributed by atoms with van der Waals surface area (Å²) in [6, 6.07) is 10.1. The Morgan fingerprint density at radius 1 is 1.29 bits per heavy atom. The molecular formula is C14H18N2O. The third-order valence-corrected chi connectivity index (χ3v) is 3.40. The molecule has 2 amide bonds. The van der Waals surface area contributed by atoms with Crippen molar-refractivity contribution >= 4 is 6.03 Å². The van der Waals surface area contributed by atoms with Crippen molar-refractivity contribution in [1.82, 2.24) is 10.2 Å². The Balaban J connectivity index is 2.44. The van der Waals surface area contributed by atoms with Crippen molar-refractivity contribution in [2.45, 2.75) is 26.3 Å². The van der Waals surface area contributed by atoms with Gasteiger partial charge in [-0.05, 0) is 24.5 Å². The van der Waals surface area contributed by atoms with E-state index in [1.165, 1.54) is 5.57 Å². The van der Waals surface area contributed by atoms with Crippen LogP contribution in [0.4, 0.5) is 4.79 Å². The minimum atomic E-state index is -0.0337. The fourth-order valence-corrected chi connectivity index (χ4v) is 2.27. The Kier molecular flexibility index (Phi) is 3.18. The van der Waals surface area contributed by atoms with E-state index in [0.717, 1.165) is 17.7 Å². The molecule has 2 rings (SSSR count). The lowest BCUT2D eigenvalue weighted by Crippen LogP contribution is -2.44. The molecule has 0 aromatic heterocycles. The maximum absolute atomic E-state index is 11.8. The molecule has 0 radical (unpaired) electrons. The first kappa shape index (κ1) is 11.7. The molecule has 3 nitrogen and oxygen atoms in total. The highest BCUT2D eigenvalue weighted by Gasteiger charge is 2.28. The fraction of sp³-hybridized carbons (Fsp3) is 0.357. The summed E-state index contributed by atoms with van der Waals surface area (Å²) in [5.74, 6) is 0. The number of nitrogens with zero attached hydrogens (tertiary/aromatic N) is 1. The largest absolute Gasteiger partial charge is 0.327 e. The van der Waals surface area contributed by atoms with Crippen LogP contribution in [0.1, 0.15) is 31.9 Å². The van der Waals surface area contributed by atoms with E-state index in [-0.39, 0.29) is 12.1 Å². The number of amides is 2. The molecule has 90 valence electrons. The zero-order valence-corrected chi connectivity index (χ0v) is 10.5. The number of carbonyl (C=O) groups is 1. The number of hydrogen-bond acceptors (Lipinski definition) is 1. The van der Waals surface area contributed by atoms with Gasteiger partial charge >= 0.3 is 6.03 Å². The summed E-state index contributed by atoms with van der Waals surface area (Å²) in [7, 11) is 1.81. The molecule has 0 fully saturated rings. The van der Waals surface area contributed by atoms with Gasteiger partial charge in [0, 0.05) is 12.7 Å². The molecule has 1 heterocycles. The lowest BCUT2D eigenvalue weighted by atomic mass is 9.93. The van der Waals surface area contributed by atoms with Gasteiger partial charge in [0.1, 0.15) is 0 Å². The van der Waals surface area contributed by atoms with Crippen LogP contribution in [-0.2, 0) is 0 Å². The molecule has 1 aliphatic heterocycles. The van der Waals surface area contributed by atoms with Gasteiger partial charge in [0.25, 0.3) is 0 Å². The number of urea groups is 1. The molecule has 0 bridgehead atoms. The van der Waals surface area contributed by atoms with E-state index in [2.05, 4.69) is 24.4 Å². The maximum atomic E-state index is 11.8. The second kappa shape index (κ2) is 4.62. The van der Waals surface area contributed by atoms with Crippen LogP contribution in [0.15, 0.2) is 41.6 Å². The Morgan fingerprint density at radius 3 is 2.53 bits per heavy atom. The number of carbonyl (C=O) groups excluding carboxylic acids is 1. The van der Waals surface area contributed by atoms with Gasteiger partial charge in [-0.15, -0.1) is 0 Å². The number of benzene rings is 1. The lowest BCUT2D eigenvalue weighted by Gasteiger charge is -2.34. The van der Waals surface area contributed by atoms with Gasteiger partial charge in [-0.3, -0.25) is 0 Å². The molecule has 1 atom stereocenters. The van der Waals surface area contributed by atoms with Gasteiger partial charge in [0.15, 0.2) is 0 Å². The monoisotopic (exact) mass is 230 g/mol. The highest BCUT2D eigenvalue weighted by Crippen LogP contribution is 2.31. The van der Waals surface area contributed by atoms with E-state index in [1.807, 2.05) is 32.2 Å². The molecule has 1 aromatic rings. The highest BCUT2D eigenvalue weighted by molar-refractivity contribution is 5.78. The summed E-state index contributed by atoms with van der Waals surface area (Å²) in [5.41, 5.74) is 3.48. The zero-order chi connectivity index (χ0) is 12.4. The average molecular weight is 230 g/mol. The van der Waals surface area contributed by atoms with Crippen LogP contribution in [0.3, 0.4) is 0 Å². The highest BCUT2D eigenvalue weighted by atomic mass is 16.2. The van der Waals surface area contributed by atoms with Crippen molar-refractivity contribution in [2.24, 2.45) is 0 Å². The second-order valence-electron chi connectivity index (χ2n) is 4.32. The van der Waals surface area contributed by atoms with Crippen molar-refractivity contribution in [3.63, 3.8) is 0 Å². The average Bonchev–Trinajstić information content (AvgIpc) is 2.36. The topological polar surface area (TPSA) is 32.3 Å². The molecular weight excluding hydrogens is 212 g/mol. The fourth-order valence-electron chi connectivity index (χ4n) is 2.27. The lowest BCUT2D eigenvalue weighted by molar-refractivity contribution is 0.210. The summed E-state index contributed by atoms with van der Waals surface area (Å²) in [6.07, 6.45) is 0.940. The summed E-state index contributed by atoms with van der Waals surface area (Å²) >= 11 is 0. The Morgan fingerprint density at radius 2 is 1.94 bits per heavy atom. The van der Waals surface area contributed by atoms with Crippen LogP contribution in [0.25, 0.3) is 0 Å². The molecule has 17 heavy (non-hydrogen) atoms. The molecule has 0 spiro atoms. The quantitative estimate of drug-likeness (QED) is 0.832. The van der Waals surface area contributed by atoms with Crippen LogP contribution >= 0.6 is 0 Å². The summed E-state index contributed by atoms with van der Waals surface area (Å²) in [5, 5.41) is 3.04. The van der Waals surface area contributed by atoms with Gasteiger partial charge in [0.05, 0.1) is 6.04 Å². The second-order valence-corrected chi connectivity index (χ2v) is 4.32. The predicted octanol–water partition coefficient (Wildman–Crippen LogP) is 3.07. The van der Waals surface area contributed by atoms with Gasteiger partial charge < -0.3 is 10.2 Å². The van der Waals surface area contributed by atoms with Crippen molar-refractivity contribution in [2.75, 3.05) is 7.05 Å². The zero-order valence-electron chi connectivity index (χ0n) is 10.5. The summed E-state index contributed by atoms with van der Waals surface area (Å²) < 4.78 is 0. The van der Waals surface area contributed by atoms with Crippen molar-refractivity contribution in [3.8, 4) is 0 Å². The standard InChI is InChI=1S/C14H18N2O/c1-4-12-10(2)16(3)14(17)15-13(12)11-8-6-5-7-9-11/h5-9,13H,4H2,1-3H3,(H,15,17).